The van der Waals surface area contributed by atoms with Gasteiger partial charge in [0.2, 0.25) is 0 Å². The molecular weight excluding hydrogens is 176 g/mol. The fraction of sp³-hybridized carbons (Fsp3) is 1.00. The van der Waals surface area contributed by atoms with Crippen molar-refractivity contribution in [3.63, 3.8) is 0 Å². The van der Waals surface area contributed by atoms with Crippen LogP contribution in [0.25, 0.3) is 0 Å². The van der Waals surface area contributed by atoms with Crippen LogP contribution in [0.5, 0.6) is 0 Å². The Bertz CT molecular complexity index is 171. The van der Waals surface area contributed by atoms with Gasteiger partial charge in [0.25, 0.3) is 0 Å². The molecule has 2 atom stereocenters. The van der Waals surface area contributed by atoms with Crippen LogP contribution in [0.3, 0.4) is 0 Å². The number of aliphatic hydroxyl groups excluding tert-OH is 1. The van der Waals surface area contributed by atoms with Crippen LogP contribution in [-0.4, -0.2) is 29.8 Å². The summed E-state index contributed by atoms with van der Waals surface area (Å²) < 4.78 is 0. The monoisotopic (exact) mass is 200 g/mol. The van der Waals surface area contributed by atoms with Gasteiger partial charge in [0, 0.05) is 24.7 Å². The van der Waals surface area contributed by atoms with E-state index in [-0.39, 0.29) is 12.1 Å². The van der Waals surface area contributed by atoms with E-state index in [9.17, 15) is 0 Å². The lowest BCUT2D eigenvalue weighted by molar-refractivity contribution is 0.234. The molecular formula is C11H24N2O. The zero-order valence-electron chi connectivity index (χ0n) is 9.42. The van der Waals surface area contributed by atoms with E-state index in [0.717, 1.165) is 12.3 Å². The first-order valence-corrected chi connectivity index (χ1v) is 5.68. The van der Waals surface area contributed by atoms with Gasteiger partial charge in [0.05, 0.1) is 0 Å². The van der Waals surface area contributed by atoms with Crippen LogP contribution >= 0.6 is 0 Å². The van der Waals surface area contributed by atoms with Crippen molar-refractivity contribution in [2.75, 3.05) is 13.2 Å². The third-order valence-corrected chi connectivity index (χ3v) is 3.04. The summed E-state index contributed by atoms with van der Waals surface area (Å²) in [5.41, 5.74) is 5.87. The van der Waals surface area contributed by atoms with Crippen LogP contribution in [0.1, 0.15) is 39.5 Å². The van der Waals surface area contributed by atoms with Gasteiger partial charge in [-0.3, -0.25) is 0 Å². The van der Waals surface area contributed by atoms with Gasteiger partial charge in [0.15, 0.2) is 0 Å². The average molecular weight is 200 g/mol. The van der Waals surface area contributed by atoms with E-state index >= 15 is 0 Å². The molecule has 0 aromatic rings. The Morgan fingerprint density at radius 3 is 2.64 bits per heavy atom. The molecule has 0 aromatic heterocycles. The molecule has 1 aliphatic carbocycles. The highest BCUT2D eigenvalue weighted by Gasteiger charge is 2.32. The molecule has 2 unspecified atom stereocenters. The Morgan fingerprint density at radius 1 is 1.57 bits per heavy atom. The molecule has 0 saturated heterocycles. The fourth-order valence-corrected chi connectivity index (χ4v) is 2.02. The molecule has 4 N–H and O–H groups in total. The molecule has 1 fully saturated rings. The van der Waals surface area contributed by atoms with E-state index in [0.29, 0.717) is 12.6 Å². The van der Waals surface area contributed by atoms with Gasteiger partial charge in [0.1, 0.15) is 0 Å². The zero-order valence-corrected chi connectivity index (χ0v) is 9.42. The SMILES string of the molecule is CC(CCO)NC(C)(CN)CC1CC1. The molecule has 14 heavy (non-hydrogen) atoms. The molecule has 3 nitrogen and oxygen atoms in total. The van der Waals surface area contributed by atoms with Crippen molar-refractivity contribution in [1.29, 1.82) is 0 Å². The predicted octanol–water partition coefficient (Wildman–Crippen LogP) is 0.864. The minimum atomic E-state index is 0.0652. The molecule has 1 aliphatic rings. The normalized spacial score (nSPS) is 23.1. The molecule has 0 aliphatic heterocycles. The first kappa shape index (κ1) is 12.0. The number of aliphatic hydroxyl groups is 1. The summed E-state index contributed by atoms with van der Waals surface area (Å²) in [4.78, 5) is 0. The standard InChI is InChI=1S/C11H24N2O/c1-9(5-6-14)13-11(2,8-12)7-10-3-4-10/h9-10,13-14H,3-8,12H2,1-2H3. The van der Waals surface area contributed by atoms with Crippen LogP contribution in [0.4, 0.5) is 0 Å². The Kier molecular flexibility index (Phi) is 4.35. The summed E-state index contributed by atoms with van der Waals surface area (Å²) in [5, 5.41) is 12.4. The van der Waals surface area contributed by atoms with E-state index in [2.05, 4.69) is 19.2 Å². The van der Waals surface area contributed by atoms with Gasteiger partial charge in [-0.15, -0.1) is 0 Å². The van der Waals surface area contributed by atoms with Gasteiger partial charge in [-0.05, 0) is 32.6 Å². The summed E-state index contributed by atoms with van der Waals surface area (Å²) in [7, 11) is 0. The molecule has 0 radical (unpaired) electrons. The highest BCUT2D eigenvalue weighted by atomic mass is 16.3. The van der Waals surface area contributed by atoms with Crippen LogP contribution < -0.4 is 11.1 Å². The number of nitrogens with one attached hydrogen (secondary N) is 1. The molecule has 1 rings (SSSR count). The lowest BCUT2D eigenvalue weighted by Gasteiger charge is -2.33. The molecule has 84 valence electrons. The molecule has 1 saturated carbocycles. The largest absolute Gasteiger partial charge is 0.396 e. The lowest BCUT2D eigenvalue weighted by atomic mass is 9.93. The predicted molar refractivity (Wildman–Crippen MR) is 59.1 cm³/mol. The second-order valence-electron chi connectivity index (χ2n) is 4.97. The highest BCUT2D eigenvalue weighted by Crippen LogP contribution is 2.36. The summed E-state index contributed by atoms with van der Waals surface area (Å²) in [6, 6.07) is 0.354. The van der Waals surface area contributed by atoms with Crippen molar-refractivity contribution in [2.24, 2.45) is 11.7 Å². The molecule has 0 bridgehead atoms. The van der Waals surface area contributed by atoms with Gasteiger partial charge in [-0.1, -0.05) is 12.8 Å². The Morgan fingerprint density at radius 2 is 2.21 bits per heavy atom. The summed E-state index contributed by atoms with van der Waals surface area (Å²) in [6.45, 7) is 5.23. The molecule has 0 spiro atoms. The van der Waals surface area contributed by atoms with Gasteiger partial charge < -0.3 is 16.2 Å². The van der Waals surface area contributed by atoms with E-state index in [1.807, 2.05) is 0 Å². The lowest BCUT2D eigenvalue weighted by Crippen LogP contribution is -2.52. The van der Waals surface area contributed by atoms with Crippen LogP contribution in [0, 0.1) is 5.92 Å². The quantitative estimate of drug-likeness (QED) is 0.571. The Balaban J connectivity index is 2.33. The van der Waals surface area contributed by atoms with Gasteiger partial charge >= 0.3 is 0 Å². The third-order valence-electron chi connectivity index (χ3n) is 3.04. The molecule has 3 heteroatoms. The molecule has 0 heterocycles. The first-order valence-electron chi connectivity index (χ1n) is 5.68. The van der Waals surface area contributed by atoms with E-state index < -0.39 is 0 Å². The number of hydrogen-bond donors (Lipinski definition) is 3. The zero-order chi connectivity index (χ0) is 10.6. The van der Waals surface area contributed by atoms with Gasteiger partial charge in [-0.2, -0.15) is 0 Å². The van der Waals surface area contributed by atoms with E-state index in [1.165, 1.54) is 19.3 Å². The molecule has 0 amide bonds. The average Bonchev–Trinajstić information content (AvgIpc) is 2.88. The number of rotatable bonds is 7. The third kappa shape index (κ3) is 3.95. The second-order valence-corrected chi connectivity index (χ2v) is 4.97. The fourth-order valence-electron chi connectivity index (χ4n) is 2.02. The summed E-state index contributed by atoms with van der Waals surface area (Å²) in [6.07, 6.45) is 4.72. The topological polar surface area (TPSA) is 58.3 Å². The van der Waals surface area contributed by atoms with Crippen molar-refractivity contribution in [3.8, 4) is 0 Å². The Labute approximate surface area is 87.1 Å². The smallest absolute Gasteiger partial charge is 0.0445 e. The summed E-state index contributed by atoms with van der Waals surface area (Å²) in [5.74, 6) is 0.886. The number of hydrogen-bond acceptors (Lipinski definition) is 3. The minimum Gasteiger partial charge on any atom is -0.396 e. The van der Waals surface area contributed by atoms with E-state index in [1.54, 1.807) is 0 Å². The minimum absolute atomic E-state index is 0.0652. The van der Waals surface area contributed by atoms with Crippen LogP contribution in [0.2, 0.25) is 0 Å². The number of nitrogens with two attached hydrogens (primary N) is 1. The maximum Gasteiger partial charge on any atom is 0.0445 e. The van der Waals surface area contributed by atoms with Gasteiger partial charge in [-0.25, -0.2) is 0 Å². The molecule has 0 aromatic carbocycles. The summed E-state index contributed by atoms with van der Waals surface area (Å²) >= 11 is 0. The van der Waals surface area contributed by atoms with Crippen LogP contribution in [-0.2, 0) is 0 Å². The maximum atomic E-state index is 8.83. The van der Waals surface area contributed by atoms with E-state index in [4.69, 9.17) is 10.8 Å². The highest BCUT2D eigenvalue weighted by molar-refractivity contribution is 4.92. The maximum absolute atomic E-state index is 8.83. The van der Waals surface area contributed by atoms with Crippen molar-refractivity contribution in [3.05, 3.63) is 0 Å². The van der Waals surface area contributed by atoms with Crippen molar-refractivity contribution in [1.82, 2.24) is 5.32 Å². The van der Waals surface area contributed by atoms with Crippen molar-refractivity contribution in [2.45, 2.75) is 51.1 Å². The van der Waals surface area contributed by atoms with Crippen molar-refractivity contribution < 1.29 is 5.11 Å². The second kappa shape index (κ2) is 5.10. The first-order chi connectivity index (χ1) is 6.59. The van der Waals surface area contributed by atoms with Crippen LogP contribution in [0.15, 0.2) is 0 Å². The Hall–Kier alpha value is -0.120. The van der Waals surface area contributed by atoms with Crippen molar-refractivity contribution >= 4 is 0 Å².